The lowest BCUT2D eigenvalue weighted by Gasteiger charge is -2.14. The molecule has 0 fully saturated rings. The molecule has 8 heteroatoms. The Hall–Kier alpha value is -2.64. The smallest absolute Gasteiger partial charge is 0.332 e. The standard InChI is InChI=1S/C16H10ClN3O3S/c17-13-3-1-2-11(8-13)15-10-18-19-20(15)14-4-5-16-12(9-14)6-7-24(21,22)23-16/h1-10H. The summed E-state index contributed by atoms with van der Waals surface area (Å²) in [6, 6.07) is 12.5. The van der Waals surface area contributed by atoms with Gasteiger partial charge in [-0.25, -0.2) is 4.68 Å². The number of hydrogen-bond donors (Lipinski definition) is 0. The molecule has 0 bridgehead atoms. The Morgan fingerprint density at radius 1 is 1.12 bits per heavy atom. The van der Waals surface area contributed by atoms with Crippen molar-refractivity contribution < 1.29 is 12.6 Å². The van der Waals surface area contributed by atoms with Crippen LogP contribution < -0.4 is 4.18 Å². The Morgan fingerprint density at radius 2 is 2.00 bits per heavy atom. The molecule has 0 spiro atoms. The molecule has 0 radical (unpaired) electrons. The first-order valence-corrected chi connectivity index (χ1v) is 8.80. The van der Waals surface area contributed by atoms with Crippen LogP contribution in [0, 0.1) is 0 Å². The van der Waals surface area contributed by atoms with E-state index in [4.69, 9.17) is 15.8 Å². The lowest BCUT2D eigenvalue weighted by atomic mass is 10.1. The highest BCUT2D eigenvalue weighted by Crippen LogP contribution is 2.30. The number of rotatable bonds is 2. The fourth-order valence-electron chi connectivity index (χ4n) is 2.45. The zero-order valence-electron chi connectivity index (χ0n) is 12.1. The van der Waals surface area contributed by atoms with Gasteiger partial charge in [-0.15, -0.1) is 5.10 Å². The highest BCUT2D eigenvalue weighted by Gasteiger charge is 2.18. The second kappa shape index (κ2) is 5.47. The summed E-state index contributed by atoms with van der Waals surface area (Å²) in [5, 5.41) is 9.72. The third-order valence-corrected chi connectivity index (χ3v) is 4.64. The normalized spacial score (nSPS) is 14.9. The Morgan fingerprint density at radius 3 is 2.83 bits per heavy atom. The van der Waals surface area contributed by atoms with Crippen molar-refractivity contribution in [3.63, 3.8) is 0 Å². The van der Waals surface area contributed by atoms with Gasteiger partial charge in [0.25, 0.3) is 0 Å². The summed E-state index contributed by atoms with van der Waals surface area (Å²) in [4.78, 5) is 0. The zero-order valence-corrected chi connectivity index (χ0v) is 13.7. The molecule has 6 nitrogen and oxygen atoms in total. The fourth-order valence-corrected chi connectivity index (χ4v) is 3.41. The number of aromatic nitrogens is 3. The summed E-state index contributed by atoms with van der Waals surface area (Å²) in [6.07, 6.45) is 3.13. The van der Waals surface area contributed by atoms with E-state index in [2.05, 4.69) is 10.3 Å². The molecule has 0 atom stereocenters. The van der Waals surface area contributed by atoms with Gasteiger partial charge in [0.05, 0.1) is 23.0 Å². The Bertz CT molecular complexity index is 1070. The Kier molecular flexibility index (Phi) is 3.40. The van der Waals surface area contributed by atoms with Crippen LogP contribution in [-0.4, -0.2) is 23.4 Å². The summed E-state index contributed by atoms with van der Waals surface area (Å²) in [6.45, 7) is 0. The van der Waals surface area contributed by atoms with Crippen molar-refractivity contribution in [3.8, 4) is 22.7 Å². The molecule has 4 rings (SSSR count). The number of benzene rings is 2. The summed E-state index contributed by atoms with van der Waals surface area (Å²) in [5.74, 6) is 0.283. The van der Waals surface area contributed by atoms with Crippen LogP contribution >= 0.6 is 11.6 Å². The molecule has 0 aliphatic carbocycles. The van der Waals surface area contributed by atoms with E-state index >= 15 is 0 Å². The highest BCUT2D eigenvalue weighted by molar-refractivity contribution is 7.90. The molecular formula is C16H10ClN3O3S. The molecule has 0 unspecified atom stereocenters. The Balaban J connectivity index is 1.81. The van der Waals surface area contributed by atoms with Crippen molar-refractivity contribution in [2.24, 2.45) is 0 Å². The molecule has 120 valence electrons. The van der Waals surface area contributed by atoms with Crippen LogP contribution in [0.1, 0.15) is 5.56 Å². The minimum absolute atomic E-state index is 0.283. The van der Waals surface area contributed by atoms with Crippen LogP contribution in [0.5, 0.6) is 5.75 Å². The van der Waals surface area contributed by atoms with Gasteiger partial charge in [0.2, 0.25) is 0 Å². The van der Waals surface area contributed by atoms with Crippen LogP contribution in [0.15, 0.2) is 54.1 Å². The fraction of sp³-hybridized carbons (Fsp3) is 0. The summed E-state index contributed by atoms with van der Waals surface area (Å²) in [7, 11) is -3.65. The van der Waals surface area contributed by atoms with E-state index in [1.54, 1.807) is 35.1 Å². The predicted octanol–water partition coefficient (Wildman–Crippen LogP) is 3.28. The van der Waals surface area contributed by atoms with E-state index in [0.717, 1.165) is 22.4 Å². The Labute approximate surface area is 143 Å². The first-order chi connectivity index (χ1) is 11.5. The predicted molar refractivity (Wildman–Crippen MR) is 90.4 cm³/mol. The highest BCUT2D eigenvalue weighted by atomic mass is 35.5. The van der Waals surface area contributed by atoms with Crippen molar-refractivity contribution >= 4 is 27.8 Å². The lowest BCUT2D eigenvalue weighted by molar-refractivity contribution is 0.494. The minimum Gasteiger partial charge on any atom is -0.379 e. The van der Waals surface area contributed by atoms with E-state index in [-0.39, 0.29) is 5.75 Å². The van der Waals surface area contributed by atoms with Gasteiger partial charge in [-0.1, -0.05) is 28.9 Å². The molecule has 24 heavy (non-hydrogen) atoms. The van der Waals surface area contributed by atoms with Crippen molar-refractivity contribution in [1.82, 2.24) is 15.0 Å². The van der Waals surface area contributed by atoms with Gasteiger partial charge in [-0.2, -0.15) is 8.42 Å². The number of hydrogen-bond acceptors (Lipinski definition) is 5. The number of fused-ring (bicyclic) bond motifs is 1. The van der Waals surface area contributed by atoms with Crippen LogP contribution in [0.2, 0.25) is 5.02 Å². The summed E-state index contributed by atoms with van der Waals surface area (Å²) >= 11 is 6.05. The topological polar surface area (TPSA) is 74.1 Å². The molecule has 0 saturated heterocycles. The first kappa shape index (κ1) is 14.9. The van der Waals surface area contributed by atoms with Gasteiger partial charge < -0.3 is 4.18 Å². The SMILES string of the molecule is O=S1(=O)C=Cc2cc(-n3nncc3-c3cccc(Cl)c3)ccc2O1. The maximum absolute atomic E-state index is 11.4. The van der Waals surface area contributed by atoms with Gasteiger partial charge >= 0.3 is 10.1 Å². The molecule has 1 aromatic heterocycles. The average molecular weight is 360 g/mol. The van der Waals surface area contributed by atoms with E-state index in [9.17, 15) is 8.42 Å². The van der Waals surface area contributed by atoms with Crippen LogP contribution in [0.3, 0.4) is 0 Å². The van der Waals surface area contributed by atoms with Crippen LogP contribution in [0.25, 0.3) is 23.0 Å². The van der Waals surface area contributed by atoms with Crippen LogP contribution in [0.4, 0.5) is 0 Å². The summed E-state index contributed by atoms with van der Waals surface area (Å²) < 4.78 is 29.5. The van der Waals surface area contributed by atoms with E-state index in [1.807, 2.05) is 18.2 Å². The molecule has 1 aliphatic rings. The van der Waals surface area contributed by atoms with E-state index in [0.29, 0.717) is 10.6 Å². The molecule has 2 heterocycles. The first-order valence-electron chi connectivity index (χ1n) is 6.95. The number of nitrogens with zero attached hydrogens (tertiary/aromatic N) is 3. The van der Waals surface area contributed by atoms with Gasteiger partial charge in [0.15, 0.2) is 0 Å². The van der Waals surface area contributed by atoms with E-state index in [1.165, 1.54) is 6.08 Å². The minimum atomic E-state index is -3.65. The van der Waals surface area contributed by atoms with Gasteiger partial charge in [-0.3, -0.25) is 0 Å². The molecule has 1 aliphatic heterocycles. The van der Waals surface area contributed by atoms with Crippen LogP contribution in [-0.2, 0) is 10.1 Å². The van der Waals surface area contributed by atoms with Crippen molar-refractivity contribution in [3.05, 3.63) is 64.7 Å². The van der Waals surface area contributed by atoms with Crippen molar-refractivity contribution in [2.75, 3.05) is 0 Å². The molecular weight excluding hydrogens is 350 g/mol. The second-order valence-corrected chi connectivity index (χ2v) is 7.00. The summed E-state index contributed by atoms with van der Waals surface area (Å²) in [5.41, 5.74) is 3.02. The average Bonchev–Trinajstić information content (AvgIpc) is 3.03. The van der Waals surface area contributed by atoms with Gasteiger partial charge in [0, 0.05) is 16.1 Å². The molecule has 2 aromatic carbocycles. The van der Waals surface area contributed by atoms with Crippen molar-refractivity contribution in [1.29, 1.82) is 0 Å². The van der Waals surface area contributed by atoms with Crippen molar-refractivity contribution in [2.45, 2.75) is 0 Å². The largest absolute Gasteiger partial charge is 0.379 e. The third kappa shape index (κ3) is 2.68. The lowest BCUT2D eigenvalue weighted by Crippen LogP contribution is -2.10. The third-order valence-electron chi connectivity index (χ3n) is 3.53. The maximum Gasteiger partial charge on any atom is 0.332 e. The second-order valence-electron chi connectivity index (χ2n) is 5.14. The maximum atomic E-state index is 11.4. The quantitative estimate of drug-likeness (QED) is 0.656. The zero-order chi connectivity index (χ0) is 16.7. The monoisotopic (exact) mass is 359 g/mol. The van der Waals surface area contributed by atoms with Gasteiger partial charge in [-0.05, 0) is 36.4 Å². The number of halogens is 1. The molecule has 0 amide bonds. The van der Waals surface area contributed by atoms with Gasteiger partial charge in [0.1, 0.15) is 5.75 Å². The molecule has 0 saturated carbocycles. The molecule has 3 aromatic rings. The van der Waals surface area contributed by atoms with E-state index < -0.39 is 10.1 Å². The molecule has 0 N–H and O–H groups in total.